The van der Waals surface area contributed by atoms with Crippen molar-refractivity contribution in [1.82, 2.24) is 0 Å². The van der Waals surface area contributed by atoms with Crippen LogP contribution in [0.2, 0.25) is 0 Å². The van der Waals surface area contributed by atoms with Crippen molar-refractivity contribution in [3.63, 3.8) is 0 Å². The summed E-state index contributed by atoms with van der Waals surface area (Å²) in [5, 5.41) is 0. The molecule has 0 aromatic heterocycles. The lowest BCUT2D eigenvalue weighted by Crippen LogP contribution is -2.06. The molecule has 0 unspecified atom stereocenters. The summed E-state index contributed by atoms with van der Waals surface area (Å²) >= 11 is 0. The van der Waals surface area contributed by atoms with Gasteiger partial charge < -0.3 is 4.79 Å². The van der Waals surface area contributed by atoms with Gasteiger partial charge in [-0.2, -0.15) is 0 Å². The maximum atomic E-state index is 12.5. The van der Waals surface area contributed by atoms with Crippen LogP contribution in [0.4, 0.5) is 4.39 Å². The molecule has 15 heavy (non-hydrogen) atoms. The summed E-state index contributed by atoms with van der Waals surface area (Å²) in [7, 11) is -3.37. The Labute approximate surface area is 87.8 Å². The van der Waals surface area contributed by atoms with E-state index in [1.54, 1.807) is 0 Å². The second kappa shape index (κ2) is 5.02. The predicted molar refractivity (Wildman–Crippen MR) is 53.8 cm³/mol. The van der Waals surface area contributed by atoms with Gasteiger partial charge in [-0.3, -0.25) is 0 Å². The Hall–Kier alpha value is -1.23. The first-order valence-electron chi connectivity index (χ1n) is 4.48. The summed E-state index contributed by atoms with van der Waals surface area (Å²) in [6.07, 6.45) is 1.20. The molecule has 0 aliphatic rings. The summed E-state index contributed by atoms with van der Waals surface area (Å²) in [5.41, 5.74) is 0. The molecule has 0 amide bonds. The Morgan fingerprint density at radius 1 is 1.20 bits per heavy atom. The molecule has 0 radical (unpaired) electrons. The van der Waals surface area contributed by atoms with Crippen molar-refractivity contribution in [2.45, 2.75) is 17.7 Å². The molecule has 0 bridgehead atoms. The van der Waals surface area contributed by atoms with Crippen LogP contribution in [0.25, 0.3) is 0 Å². The van der Waals surface area contributed by atoms with Crippen LogP contribution in [0.3, 0.4) is 0 Å². The van der Waals surface area contributed by atoms with Gasteiger partial charge in [0.25, 0.3) is 0 Å². The number of rotatable bonds is 5. The Morgan fingerprint density at radius 3 is 2.33 bits per heavy atom. The van der Waals surface area contributed by atoms with E-state index < -0.39 is 15.7 Å². The Kier molecular flexibility index (Phi) is 3.96. The van der Waals surface area contributed by atoms with Crippen LogP contribution < -0.4 is 0 Å². The van der Waals surface area contributed by atoms with Crippen molar-refractivity contribution in [3.05, 3.63) is 30.1 Å². The van der Waals surface area contributed by atoms with Crippen molar-refractivity contribution >= 4 is 16.1 Å². The second-order valence-corrected chi connectivity index (χ2v) is 5.19. The first kappa shape index (κ1) is 11.8. The molecular weight excluding hydrogens is 219 g/mol. The van der Waals surface area contributed by atoms with Gasteiger partial charge in [0.15, 0.2) is 9.84 Å². The van der Waals surface area contributed by atoms with Crippen LogP contribution >= 0.6 is 0 Å². The lowest BCUT2D eigenvalue weighted by atomic mass is 10.3. The number of benzene rings is 1. The summed E-state index contributed by atoms with van der Waals surface area (Å²) < 4.78 is 35.7. The highest BCUT2D eigenvalue weighted by molar-refractivity contribution is 7.91. The van der Waals surface area contributed by atoms with Gasteiger partial charge in [-0.25, -0.2) is 12.8 Å². The fourth-order valence-electron chi connectivity index (χ4n) is 1.12. The lowest BCUT2D eigenvalue weighted by Gasteiger charge is -2.02. The number of unbranched alkanes of at least 4 members (excludes halogenated alkanes) is 1. The molecule has 1 aromatic carbocycles. The number of hydrogen-bond acceptors (Lipinski definition) is 3. The molecule has 0 heterocycles. The van der Waals surface area contributed by atoms with E-state index in [-0.39, 0.29) is 17.1 Å². The number of aldehydes is 1. The van der Waals surface area contributed by atoms with E-state index in [1.807, 2.05) is 0 Å². The fraction of sp³-hybridized carbons (Fsp3) is 0.300. The van der Waals surface area contributed by atoms with Crippen LogP contribution in [-0.4, -0.2) is 20.5 Å². The maximum Gasteiger partial charge on any atom is 0.178 e. The minimum Gasteiger partial charge on any atom is -0.303 e. The number of halogens is 1. The molecule has 0 aliphatic carbocycles. The van der Waals surface area contributed by atoms with E-state index in [1.165, 1.54) is 12.1 Å². The molecule has 1 aromatic rings. The van der Waals surface area contributed by atoms with E-state index in [9.17, 15) is 17.6 Å². The van der Waals surface area contributed by atoms with Gasteiger partial charge in [0.1, 0.15) is 12.1 Å². The van der Waals surface area contributed by atoms with Crippen LogP contribution in [-0.2, 0) is 14.6 Å². The van der Waals surface area contributed by atoms with Crippen molar-refractivity contribution in [3.8, 4) is 0 Å². The van der Waals surface area contributed by atoms with Crippen molar-refractivity contribution in [2.24, 2.45) is 0 Å². The molecule has 1 rings (SSSR count). The number of carbonyl (C=O) groups excluding carboxylic acids is 1. The Balaban J connectivity index is 2.77. The monoisotopic (exact) mass is 230 g/mol. The molecule has 0 N–H and O–H groups in total. The highest BCUT2D eigenvalue weighted by Crippen LogP contribution is 2.12. The number of carbonyl (C=O) groups is 1. The molecule has 0 atom stereocenters. The molecule has 3 nitrogen and oxygen atoms in total. The smallest absolute Gasteiger partial charge is 0.178 e. The van der Waals surface area contributed by atoms with Crippen LogP contribution in [0, 0.1) is 5.82 Å². The summed E-state index contributed by atoms with van der Waals surface area (Å²) in [6, 6.07) is 4.66. The first-order chi connectivity index (χ1) is 7.06. The van der Waals surface area contributed by atoms with Crippen molar-refractivity contribution in [2.75, 3.05) is 5.75 Å². The first-order valence-corrected chi connectivity index (χ1v) is 6.13. The maximum absolute atomic E-state index is 12.5. The highest BCUT2D eigenvalue weighted by Gasteiger charge is 2.13. The molecular formula is C10H11FO3S. The van der Waals surface area contributed by atoms with Crippen LogP contribution in [0.15, 0.2) is 29.2 Å². The summed E-state index contributed by atoms with van der Waals surface area (Å²) in [5.74, 6) is -0.556. The predicted octanol–water partition coefficient (Wildman–Crippen LogP) is 1.58. The molecule has 0 spiro atoms. The summed E-state index contributed by atoms with van der Waals surface area (Å²) in [6.45, 7) is 0. The molecule has 82 valence electrons. The van der Waals surface area contributed by atoms with Gasteiger partial charge in [-0.1, -0.05) is 0 Å². The van der Waals surface area contributed by atoms with Gasteiger partial charge in [-0.15, -0.1) is 0 Å². The van der Waals surface area contributed by atoms with E-state index in [0.717, 1.165) is 12.1 Å². The molecule has 5 heteroatoms. The van der Waals surface area contributed by atoms with Gasteiger partial charge in [0.05, 0.1) is 10.6 Å². The highest BCUT2D eigenvalue weighted by atomic mass is 32.2. The normalized spacial score (nSPS) is 11.3. The van der Waals surface area contributed by atoms with Crippen LogP contribution in [0.1, 0.15) is 12.8 Å². The molecule has 0 fully saturated rings. The number of sulfone groups is 1. The molecule has 0 saturated heterocycles. The minimum absolute atomic E-state index is 0.0859. The quantitative estimate of drug-likeness (QED) is 0.438. The third-order valence-electron chi connectivity index (χ3n) is 1.91. The Morgan fingerprint density at radius 2 is 1.80 bits per heavy atom. The standard InChI is InChI=1S/C10H11FO3S/c11-9-3-5-10(6-4-9)15(13,14)8-2-1-7-12/h3-7H,1-2,8H2. The zero-order valence-corrected chi connectivity index (χ0v) is 8.84. The molecule has 0 saturated carbocycles. The fourth-order valence-corrected chi connectivity index (χ4v) is 2.45. The van der Waals surface area contributed by atoms with Gasteiger partial charge in [0.2, 0.25) is 0 Å². The van der Waals surface area contributed by atoms with Gasteiger partial charge in [-0.05, 0) is 30.7 Å². The van der Waals surface area contributed by atoms with E-state index in [2.05, 4.69) is 0 Å². The Bertz CT molecular complexity index is 422. The average molecular weight is 230 g/mol. The van der Waals surface area contributed by atoms with Crippen molar-refractivity contribution < 1.29 is 17.6 Å². The minimum atomic E-state index is -3.37. The van der Waals surface area contributed by atoms with E-state index >= 15 is 0 Å². The van der Waals surface area contributed by atoms with Crippen LogP contribution in [0.5, 0.6) is 0 Å². The van der Waals surface area contributed by atoms with Gasteiger partial charge in [0, 0.05) is 6.42 Å². The third-order valence-corrected chi connectivity index (χ3v) is 3.72. The average Bonchev–Trinajstić information content (AvgIpc) is 2.18. The van der Waals surface area contributed by atoms with Gasteiger partial charge >= 0.3 is 0 Å². The van der Waals surface area contributed by atoms with Crippen molar-refractivity contribution in [1.29, 1.82) is 0 Å². The van der Waals surface area contributed by atoms with E-state index in [4.69, 9.17) is 0 Å². The topological polar surface area (TPSA) is 51.2 Å². The SMILES string of the molecule is O=CCCCS(=O)(=O)c1ccc(F)cc1. The third kappa shape index (κ3) is 3.43. The second-order valence-electron chi connectivity index (χ2n) is 3.08. The lowest BCUT2D eigenvalue weighted by molar-refractivity contribution is -0.107. The van der Waals surface area contributed by atoms with E-state index in [0.29, 0.717) is 12.7 Å². The number of hydrogen-bond donors (Lipinski definition) is 0. The zero-order valence-electron chi connectivity index (χ0n) is 8.02. The largest absolute Gasteiger partial charge is 0.303 e. The zero-order chi connectivity index (χ0) is 11.3. The summed E-state index contributed by atoms with van der Waals surface area (Å²) in [4.78, 5) is 10.1. The molecule has 0 aliphatic heterocycles.